The Bertz CT molecular complexity index is 1940. The monoisotopic (exact) mass is 603 g/mol. The van der Waals surface area contributed by atoms with E-state index in [9.17, 15) is 14.7 Å². The maximum absolute atomic E-state index is 13.9. The number of nitrogens with zero attached hydrogens (tertiary/aromatic N) is 5. The molecular weight excluding hydrogens is 566 g/mol. The normalized spacial score (nSPS) is 15.5. The number of aromatic carboxylic acids is 1. The number of fused-ring (bicyclic) bond motifs is 2. The molecule has 3 aromatic heterocycles. The van der Waals surface area contributed by atoms with Gasteiger partial charge in [0.1, 0.15) is 11.4 Å². The second-order valence-corrected chi connectivity index (χ2v) is 12.1. The van der Waals surface area contributed by atoms with Gasteiger partial charge in [-0.2, -0.15) is 0 Å². The molecule has 9 heteroatoms. The number of carboxylic acid groups (broad SMARTS) is 1. The Morgan fingerprint density at radius 3 is 2.51 bits per heavy atom. The van der Waals surface area contributed by atoms with Crippen LogP contribution in [-0.2, 0) is 26.6 Å². The molecule has 0 amide bonds. The molecule has 0 radical (unpaired) electrons. The maximum Gasteiger partial charge on any atom is 0.335 e. The molecule has 1 saturated heterocycles. The van der Waals surface area contributed by atoms with Crippen molar-refractivity contribution >= 4 is 22.7 Å². The minimum absolute atomic E-state index is 0.0198. The van der Waals surface area contributed by atoms with E-state index in [2.05, 4.69) is 43.6 Å². The average molecular weight is 604 g/mol. The van der Waals surface area contributed by atoms with Gasteiger partial charge in [-0.15, -0.1) is 0 Å². The molecule has 0 saturated carbocycles. The molecule has 45 heavy (non-hydrogen) atoms. The van der Waals surface area contributed by atoms with Crippen molar-refractivity contribution in [3.05, 3.63) is 117 Å². The number of ether oxygens (including phenoxy) is 1. The topological polar surface area (TPSA) is 92.8 Å². The fraction of sp³-hybridized carbons (Fsp3) is 0.306. The molecule has 0 unspecified atom stereocenters. The molecule has 2 aliphatic heterocycles. The van der Waals surface area contributed by atoms with Gasteiger partial charge in [-0.25, -0.2) is 9.78 Å². The average Bonchev–Trinajstić information content (AvgIpc) is 3.62. The number of aryl methyl sites for hydroxylation is 1. The van der Waals surface area contributed by atoms with Gasteiger partial charge in [-0.05, 0) is 85.8 Å². The second-order valence-electron chi connectivity index (χ2n) is 12.1. The molecule has 7 rings (SSSR count). The molecular formula is C36H37N5O4. The maximum atomic E-state index is 13.9. The van der Waals surface area contributed by atoms with Crippen molar-refractivity contribution in [3.63, 3.8) is 0 Å². The van der Waals surface area contributed by atoms with E-state index < -0.39 is 5.97 Å². The highest BCUT2D eigenvalue weighted by Gasteiger charge is 2.26. The third-order valence-corrected chi connectivity index (χ3v) is 9.54. The zero-order valence-electron chi connectivity index (χ0n) is 25.6. The number of carbonyl (C=O) groups is 1. The van der Waals surface area contributed by atoms with Crippen LogP contribution in [0.15, 0.2) is 83.9 Å². The molecule has 2 aromatic carbocycles. The predicted octanol–water partition coefficient (Wildman–Crippen LogP) is 5.37. The lowest BCUT2D eigenvalue weighted by Crippen LogP contribution is -2.33. The van der Waals surface area contributed by atoms with Crippen LogP contribution in [0.1, 0.15) is 51.5 Å². The van der Waals surface area contributed by atoms with E-state index in [4.69, 9.17) is 4.74 Å². The van der Waals surface area contributed by atoms with Gasteiger partial charge >= 0.3 is 5.97 Å². The fourth-order valence-corrected chi connectivity index (χ4v) is 7.07. The van der Waals surface area contributed by atoms with Crippen molar-refractivity contribution in [2.45, 2.75) is 38.3 Å². The summed E-state index contributed by atoms with van der Waals surface area (Å²) in [6.07, 6.45) is 6.22. The molecule has 0 aliphatic carbocycles. The van der Waals surface area contributed by atoms with E-state index in [-0.39, 0.29) is 11.5 Å². The highest BCUT2D eigenvalue weighted by molar-refractivity contribution is 5.89. The molecule has 9 nitrogen and oxygen atoms in total. The van der Waals surface area contributed by atoms with E-state index in [0.29, 0.717) is 12.0 Å². The lowest BCUT2D eigenvalue weighted by atomic mass is 9.86. The van der Waals surface area contributed by atoms with Gasteiger partial charge in [0.05, 0.1) is 18.4 Å². The smallest absolute Gasteiger partial charge is 0.335 e. The van der Waals surface area contributed by atoms with Gasteiger partial charge in [0.25, 0.3) is 5.56 Å². The Hall–Kier alpha value is -4.89. The number of rotatable bonds is 8. The number of anilines is 1. The summed E-state index contributed by atoms with van der Waals surface area (Å²) >= 11 is 0. The van der Waals surface area contributed by atoms with Crippen molar-refractivity contribution in [3.8, 4) is 11.4 Å². The van der Waals surface area contributed by atoms with Gasteiger partial charge < -0.3 is 19.3 Å². The molecule has 230 valence electrons. The summed E-state index contributed by atoms with van der Waals surface area (Å²) in [5.41, 5.74) is 7.21. The van der Waals surface area contributed by atoms with Crippen LogP contribution in [0.3, 0.4) is 0 Å². The number of aromatic nitrogens is 3. The van der Waals surface area contributed by atoms with E-state index >= 15 is 0 Å². The van der Waals surface area contributed by atoms with Crippen LogP contribution in [-0.4, -0.2) is 56.8 Å². The van der Waals surface area contributed by atoms with Crippen LogP contribution in [0.25, 0.3) is 16.7 Å². The quantitative estimate of drug-likeness (QED) is 0.255. The van der Waals surface area contributed by atoms with Gasteiger partial charge in [0, 0.05) is 61.4 Å². The Balaban J connectivity index is 1.10. The Labute approximate surface area is 261 Å². The Morgan fingerprint density at radius 1 is 0.978 bits per heavy atom. The lowest BCUT2D eigenvalue weighted by Gasteiger charge is -2.32. The first kappa shape index (κ1) is 28.9. The standard InChI is InChI=1S/C36H37N5O4/c1-38-26(23-39-17-12-25(13-18-39)28-5-3-4-6-29(28)36(43)44)21-31-33(11-16-37-34(31)38)41-20-15-32-30(35(41)42)14-19-40(32)22-24-7-9-27(45-2)10-8-24/h3-11,15-16,20-21,25H,12-14,17-19,22-23H2,1-2H3,(H,43,44). The summed E-state index contributed by atoms with van der Waals surface area (Å²) in [6.45, 7) is 4.08. The molecule has 0 bridgehead atoms. The highest BCUT2D eigenvalue weighted by Crippen LogP contribution is 2.33. The molecule has 0 spiro atoms. The van der Waals surface area contributed by atoms with Gasteiger partial charge in [0.15, 0.2) is 0 Å². The third kappa shape index (κ3) is 5.37. The molecule has 1 N–H and O–H groups in total. The summed E-state index contributed by atoms with van der Waals surface area (Å²) in [7, 11) is 3.70. The zero-order valence-corrected chi connectivity index (χ0v) is 25.6. The first-order valence-electron chi connectivity index (χ1n) is 15.5. The largest absolute Gasteiger partial charge is 0.497 e. The number of benzene rings is 2. The lowest BCUT2D eigenvalue weighted by molar-refractivity contribution is 0.0694. The van der Waals surface area contributed by atoms with E-state index in [0.717, 1.165) is 90.5 Å². The molecule has 5 heterocycles. The molecule has 1 fully saturated rings. The second kappa shape index (κ2) is 11.9. The fourth-order valence-electron chi connectivity index (χ4n) is 7.07. The number of piperidine rings is 1. The first-order chi connectivity index (χ1) is 21.9. The van der Waals surface area contributed by atoms with Crippen molar-refractivity contribution in [1.29, 1.82) is 0 Å². The first-order valence-corrected chi connectivity index (χ1v) is 15.5. The number of methoxy groups -OCH3 is 1. The van der Waals surface area contributed by atoms with E-state index in [1.165, 1.54) is 5.56 Å². The predicted molar refractivity (Wildman–Crippen MR) is 175 cm³/mol. The van der Waals surface area contributed by atoms with Gasteiger partial charge in [0.2, 0.25) is 0 Å². The molecule has 0 atom stereocenters. The highest BCUT2D eigenvalue weighted by atomic mass is 16.5. The van der Waals surface area contributed by atoms with Crippen LogP contribution in [0.2, 0.25) is 0 Å². The number of carboxylic acids is 1. The summed E-state index contributed by atoms with van der Waals surface area (Å²) in [5.74, 6) is 0.216. The van der Waals surface area contributed by atoms with E-state index in [1.54, 1.807) is 30.0 Å². The summed E-state index contributed by atoms with van der Waals surface area (Å²) in [6, 6.07) is 21.6. The summed E-state index contributed by atoms with van der Waals surface area (Å²) in [5, 5.41) is 10.6. The number of hydrogen-bond acceptors (Lipinski definition) is 6. The van der Waals surface area contributed by atoms with Crippen LogP contribution >= 0.6 is 0 Å². The minimum Gasteiger partial charge on any atom is -0.497 e. The molecule has 2 aliphatic rings. The van der Waals surface area contributed by atoms with Crippen molar-refractivity contribution in [1.82, 2.24) is 19.0 Å². The van der Waals surface area contributed by atoms with E-state index in [1.807, 2.05) is 43.6 Å². The minimum atomic E-state index is -0.861. The van der Waals surface area contributed by atoms with Crippen molar-refractivity contribution < 1.29 is 14.6 Å². The van der Waals surface area contributed by atoms with Crippen LogP contribution in [0.5, 0.6) is 5.75 Å². The van der Waals surface area contributed by atoms with Crippen LogP contribution in [0.4, 0.5) is 5.69 Å². The third-order valence-electron chi connectivity index (χ3n) is 9.54. The van der Waals surface area contributed by atoms with Crippen LogP contribution < -0.4 is 15.2 Å². The number of hydrogen-bond donors (Lipinski definition) is 1. The zero-order chi connectivity index (χ0) is 31.1. The van der Waals surface area contributed by atoms with Crippen LogP contribution in [0, 0.1) is 0 Å². The molecule has 5 aromatic rings. The summed E-state index contributed by atoms with van der Waals surface area (Å²) in [4.78, 5) is 35.0. The number of pyridine rings is 2. The summed E-state index contributed by atoms with van der Waals surface area (Å²) < 4.78 is 9.19. The van der Waals surface area contributed by atoms with Gasteiger partial charge in [-0.3, -0.25) is 14.3 Å². The van der Waals surface area contributed by atoms with Gasteiger partial charge in [-0.1, -0.05) is 30.3 Å². The van der Waals surface area contributed by atoms with Crippen molar-refractivity contribution in [2.75, 3.05) is 31.6 Å². The Kier molecular flexibility index (Phi) is 7.63. The number of likely N-dealkylation sites (tertiary alicyclic amines) is 1. The SMILES string of the molecule is COc1ccc(CN2CCc3c2ccn(-c2ccnc4c2cc(CN2CCC(c5ccccc5C(=O)O)CC2)n4C)c3=O)cc1. The van der Waals surface area contributed by atoms with Crippen molar-refractivity contribution in [2.24, 2.45) is 7.05 Å². The Morgan fingerprint density at radius 2 is 1.76 bits per heavy atom.